The molecule has 0 radical (unpaired) electrons. The van der Waals surface area contributed by atoms with Gasteiger partial charge in [-0.1, -0.05) is 35.3 Å². The van der Waals surface area contributed by atoms with E-state index in [2.05, 4.69) is 0 Å². The van der Waals surface area contributed by atoms with E-state index in [-0.39, 0.29) is 17.7 Å². The molecule has 110 valence electrons. The Morgan fingerprint density at radius 1 is 1.33 bits per heavy atom. The molecule has 0 amide bonds. The molecule has 3 nitrogen and oxygen atoms in total. The normalized spacial score (nSPS) is 10.5. The number of aryl methyl sites for hydroxylation is 1. The molecule has 6 heteroatoms. The van der Waals surface area contributed by atoms with Gasteiger partial charge in [-0.15, -0.1) is 0 Å². The summed E-state index contributed by atoms with van der Waals surface area (Å²) in [7, 11) is 0. The maximum Gasteiger partial charge on any atom is 0.341 e. The molecule has 2 aromatic carbocycles. The third-order valence-corrected chi connectivity index (χ3v) is 3.75. The third-order valence-electron chi connectivity index (χ3n) is 2.89. The molecule has 0 aliphatic heterocycles. The number of ether oxygens (including phenoxy) is 1. The number of benzene rings is 2. The molecule has 0 saturated heterocycles. The van der Waals surface area contributed by atoms with E-state index in [1.807, 2.05) is 0 Å². The predicted octanol–water partition coefficient (Wildman–Crippen LogP) is 4.38. The van der Waals surface area contributed by atoms with Crippen molar-refractivity contribution in [3.8, 4) is 0 Å². The number of carbonyl (C=O) groups is 1. The van der Waals surface area contributed by atoms with Crippen molar-refractivity contribution in [1.29, 1.82) is 0 Å². The molecule has 0 fully saturated rings. The quantitative estimate of drug-likeness (QED) is 0.672. The van der Waals surface area contributed by atoms with Crippen LogP contribution in [0.3, 0.4) is 0 Å². The summed E-state index contributed by atoms with van der Waals surface area (Å²) in [6.45, 7) is 1.42. The van der Waals surface area contributed by atoms with E-state index in [1.165, 1.54) is 19.1 Å². The van der Waals surface area contributed by atoms with Gasteiger partial charge in [0.2, 0.25) is 0 Å². The van der Waals surface area contributed by atoms with E-state index in [0.717, 1.165) is 0 Å². The summed E-state index contributed by atoms with van der Waals surface area (Å²) in [6.07, 6.45) is 0. The fourth-order valence-corrected chi connectivity index (χ4v) is 2.20. The van der Waals surface area contributed by atoms with Crippen LogP contribution in [0.5, 0.6) is 0 Å². The molecule has 2 N–H and O–H groups in total. The van der Waals surface area contributed by atoms with E-state index < -0.39 is 11.8 Å². The average molecular weight is 328 g/mol. The van der Waals surface area contributed by atoms with Gasteiger partial charge >= 0.3 is 5.97 Å². The number of esters is 1. The summed E-state index contributed by atoms with van der Waals surface area (Å²) in [5, 5.41) is 0.660. The number of hydrogen-bond acceptors (Lipinski definition) is 3. The van der Waals surface area contributed by atoms with Crippen LogP contribution in [0, 0.1) is 12.7 Å². The Morgan fingerprint density at radius 3 is 2.76 bits per heavy atom. The minimum Gasteiger partial charge on any atom is -0.457 e. The first-order valence-corrected chi connectivity index (χ1v) is 6.81. The fraction of sp³-hybridized carbons (Fsp3) is 0.133. The van der Waals surface area contributed by atoms with Crippen molar-refractivity contribution in [3.63, 3.8) is 0 Å². The smallest absolute Gasteiger partial charge is 0.341 e. The Bertz CT molecular complexity index is 704. The molecule has 0 heterocycles. The molecule has 21 heavy (non-hydrogen) atoms. The van der Waals surface area contributed by atoms with Gasteiger partial charge in [0.25, 0.3) is 0 Å². The molecule has 2 aromatic rings. The lowest BCUT2D eigenvalue weighted by Gasteiger charge is -2.09. The Morgan fingerprint density at radius 2 is 2.05 bits per heavy atom. The standard InChI is InChI=1S/C15H12Cl2FNO2/c1-8-5-10(19)6-11(14(8)18)15(20)21-7-9-3-2-4-12(16)13(9)17/h2-6H,7,19H2,1H3. The van der Waals surface area contributed by atoms with Gasteiger partial charge in [-0.05, 0) is 30.7 Å². The summed E-state index contributed by atoms with van der Waals surface area (Å²) < 4.78 is 19.0. The average Bonchev–Trinajstić information content (AvgIpc) is 2.44. The van der Waals surface area contributed by atoms with Crippen molar-refractivity contribution in [2.45, 2.75) is 13.5 Å². The van der Waals surface area contributed by atoms with Gasteiger partial charge in [-0.2, -0.15) is 0 Å². The van der Waals surface area contributed by atoms with Gasteiger partial charge in [-0.3, -0.25) is 0 Å². The summed E-state index contributed by atoms with van der Waals surface area (Å²) >= 11 is 11.9. The Kier molecular flexibility index (Phi) is 4.70. The number of hydrogen-bond donors (Lipinski definition) is 1. The molecule has 0 atom stereocenters. The van der Waals surface area contributed by atoms with Crippen molar-refractivity contribution in [3.05, 3.63) is 62.9 Å². The minimum atomic E-state index is -0.807. The van der Waals surface area contributed by atoms with E-state index in [0.29, 0.717) is 21.3 Å². The second-order valence-electron chi connectivity index (χ2n) is 4.49. The number of carbonyl (C=O) groups excluding carboxylic acids is 1. The van der Waals surface area contributed by atoms with Crippen LogP contribution in [-0.2, 0) is 11.3 Å². The zero-order chi connectivity index (χ0) is 15.6. The van der Waals surface area contributed by atoms with Crippen molar-refractivity contribution < 1.29 is 13.9 Å². The first-order valence-electron chi connectivity index (χ1n) is 6.05. The monoisotopic (exact) mass is 327 g/mol. The van der Waals surface area contributed by atoms with Crippen LogP contribution in [0.4, 0.5) is 10.1 Å². The summed E-state index contributed by atoms with van der Waals surface area (Å²) in [4.78, 5) is 11.9. The number of nitrogen functional groups attached to an aromatic ring is 1. The lowest BCUT2D eigenvalue weighted by molar-refractivity contribution is 0.0467. The lowest BCUT2D eigenvalue weighted by Crippen LogP contribution is -2.09. The summed E-state index contributed by atoms with van der Waals surface area (Å²) in [5.74, 6) is -1.45. The maximum atomic E-state index is 13.9. The van der Waals surface area contributed by atoms with Gasteiger partial charge in [-0.25, -0.2) is 9.18 Å². The second kappa shape index (κ2) is 6.33. The fourth-order valence-electron chi connectivity index (χ4n) is 1.83. The highest BCUT2D eigenvalue weighted by Gasteiger charge is 2.17. The Hall–Kier alpha value is -1.78. The lowest BCUT2D eigenvalue weighted by atomic mass is 10.1. The van der Waals surface area contributed by atoms with E-state index in [1.54, 1.807) is 18.2 Å². The van der Waals surface area contributed by atoms with Crippen LogP contribution in [-0.4, -0.2) is 5.97 Å². The maximum absolute atomic E-state index is 13.9. The zero-order valence-electron chi connectivity index (χ0n) is 11.1. The van der Waals surface area contributed by atoms with E-state index in [4.69, 9.17) is 33.7 Å². The largest absolute Gasteiger partial charge is 0.457 e. The molecule has 0 bridgehead atoms. The highest BCUT2D eigenvalue weighted by atomic mass is 35.5. The topological polar surface area (TPSA) is 52.3 Å². The zero-order valence-corrected chi connectivity index (χ0v) is 12.6. The highest BCUT2D eigenvalue weighted by molar-refractivity contribution is 6.42. The molecule has 0 saturated carbocycles. The molecular formula is C15H12Cl2FNO2. The van der Waals surface area contributed by atoms with Crippen LogP contribution in [0.15, 0.2) is 30.3 Å². The molecule has 0 aliphatic carbocycles. The van der Waals surface area contributed by atoms with Crippen LogP contribution < -0.4 is 5.73 Å². The molecule has 0 spiro atoms. The molecule has 0 aromatic heterocycles. The summed E-state index contributed by atoms with van der Waals surface area (Å²) in [5.41, 5.74) is 6.52. The molecule has 0 aliphatic rings. The predicted molar refractivity (Wildman–Crippen MR) is 81.1 cm³/mol. The van der Waals surface area contributed by atoms with Crippen LogP contribution in [0.2, 0.25) is 10.0 Å². The van der Waals surface area contributed by atoms with E-state index >= 15 is 0 Å². The first kappa shape index (κ1) is 15.6. The van der Waals surface area contributed by atoms with E-state index in [9.17, 15) is 9.18 Å². The molecular weight excluding hydrogens is 316 g/mol. The Balaban J connectivity index is 2.18. The van der Waals surface area contributed by atoms with Gasteiger partial charge in [0.05, 0.1) is 15.6 Å². The number of nitrogens with two attached hydrogens (primary N) is 1. The highest BCUT2D eigenvalue weighted by Crippen LogP contribution is 2.26. The van der Waals surface area contributed by atoms with Crippen molar-refractivity contribution in [1.82, 2.24) is 0 Å². The molecule has 0 unspecified atom stereocenters. The first-order chi connectivity index (χ1) is 9.90. The van der Waals surface area contributed by atoms with Gasteiger partial charge in [0.15, 0.2) is 0 Å². The van der Waals surface area contributed by atoms with Crippen LogP contribution in [0.25, 0.3) is 0 Å². The SMILES string of the molecule is Cc1cc(N)cc(C(=O)OCc2cccc(Cl)c2Cl)c1F. The number of halogens is 3. The second-order valence-corrected chi connectivity index (χ2v) is 5.27. The number of rotatable bonds is 3. The number of anilines is 1. The van der Waals surface area contributed by atoms with Gasteiger partial charge in [0.1, 0.15) is 12.4 Å². The minimum absolute atomic E-state index is 0.106. The van der Waals surface area contributed by atoms with Crippen molar-refractivity contribution in [2.75, 3.05) is 5.73 Å². The van der Waals surface area contributed by atoms with Crippen LogP contribution >= 0.6 is 23.2 Å². The summed E-state index contributed by atoms with van der Waals surface area (Å²) in [6, 6.07) is 7.66. The molecule has 2 rings (SSSR count). The van der Waals surface area contributed by atoms with Crippen LogP contribution in [0.1, 0.15) is 21.5 Å². The van der Waals surface area contributed by atoms with Gasteiger partial charge < -0.3 is 10.5 Å². The van der Waals surface area contributed by atoms with Crippen molar-refractivity contribution >= 4 is 34.9 Å². The third kappa shape index (κ3) is 3.46. The van der Waals surface area contributed by atoms with Crippen molar-refractivity contribution in [2.24, 2.45) is 0 Å². The van der Waals surface area contributed by atoms with Gasteiger partial charge in [0, 0.05) is 11.3 Å². The Labute approximate surface area is 131 Å².